The number of hydrogen-bond donors (Lipinski definition) is 3. The maximum absolute atomic E-state index is 12.3. The highest BCUT2D eigenvalue weighted by molar-refractivity contribution is 4.71. The lowest BCUT2D eigenvalue weighted by molar-refractivity contribution is -0.0488. The maximum atomic E-state index is 12.3. The van der Waals surface area contributed by atoms with Crippen molar-refractivity contribution in [1.82, 2.24) is 5.32 Å². The summed E-state index contributed by atoms with van der Waals surface area (Å²) >= 11 is 0. The first-order chi connectivity index (χ1) is 5.02. The third kappa shape index (κ3) is 5.06. The molecule has 68 valence electrons. The first-order valence-electron chi connectivity index (χ1n) is 3.44. The van der Waals surface area contributed by atoms with Crippen LogP contribution in [-0.2, 0) is 0 Å². The van der Waals surface area contributed by atoms with Gasteiger partial charge in [-0.15, -0.1) is 0 Å². The molecule has 0 spiro atoms. The number of aliphatic hydroxyl groups is 1. The van der Waals surface area contributed by atoms with Gasteiger partial charge in [-0.2, -0.15) is 0 Å². The Morgan fingerprint density at radius 1 is 1.64 bits per heavy atom. The fourth-order valence-corrected chi connectivity index (χ4v) is 0.463. The van der Waals surface area contributed by atoms with Crippen LogP contribution in [0.2, 0.25) is 0 Å². The number of rotatable bonds is 5. The molecule has 0 aromatic rings. The molecule has 0 aliphatic heterocycles. The van der Waals surface area contributed by atoms with Crippen molar-refractivity contribution >= 4 is 0 Å². The van der Waals surface area contributed by atoms with Gasteiger partial charge in [-0.1, -0.05) is 0 Å². The Hall–Kier alpha value is -0.260. The lowest BCUT2D eigenvalue weighted by Crippen LogP contribution is -2.42. The predicted molar refractivity (Wildman–Crippen MR) is 38.6 cm³/mol. The molecule has 0 bridgehead atoms. The SMILES string of the molecule is CC(CN)NCC(F)(F)CO. The van der Waals surface area contributed by atoms with E-state index in [2.05, 4.69) is 5.32 Å². The van der Waals surface area contributed by atoms with Gasteiger partial charge in [0.05, 0.1) is 6.54 Å². The van der Waals surface area contributed by atoms with E-state index in [0.717, 1.165) is 0 Å². The molecule has 0 rings (SSSR count). The smallest absolute Gasteiger partial charge is 0.282 e. The second-order valence-electron chi connectivity index (χ2n) is 2.53. The molecule has 0 aromatic heterocycles. The summed E-state index contributed by atoms with van der Waals surface area (Å²) in [6, 6.07) is -0.146. The molecule has 4 N–H and O–H groups in total. The molecular formula is C6H14F2N2O. The number of hydrogen-bond acceptors (Lipinski definition) is 3. The second-order valence-corrected chi connectivity index (χ2v) is 2.53. The zero-order valence-electron chi connectivity index (χ0n) is 6.48. The van der Waals surface area contributed by atoms with Gasteiger partial charge in [0.1, 0.15) is 6.61 Å². The first-order valence-corrected chi connectivity index (χ1v) is 3.44. The van der Waals surface area contributed by atoms with Crippen molar-refractivity contribution in [2.75, 3.05) is 19.7 Å². The van der Waals surface area contributed by atoms with Crippen LogP contribution in [-0.4, -0.2) is 36.8 Å². The van der Waals surface area contributed by atoms with Crippen molar-refractivity contribution in [3.05, 3.63) is 0 Å². The van der Waals surface area contributed by atoms with E-state index < -0.39 is 19.1 Å². The minimum atomic E-state index is -3.04. The molecule has 0 saturated heterocycles. The fraction of sp³-hybridized carbons (Fsp3) is 1.00. The lowest BCUT2D eigenvalue weighted by Gasteiger charge is -2.17. The van der Waals surface area contributed by atoms with Gasteiger partial charge in [-0.05, 0) is 6.92 Å². The van der Waals surface area contributed by atoms with Crippen LogP contribution in [0.1, 0.15) is 6.92 Å². The Labute approximate surface area is 64.6 Å². The predicted octanol–water partition coefficient (Wildman–Crippen LogP) is -0.449. The van der Waals surface area contributed by atoms with Crippen LogP contribution in [0.25, 0.3) is 0 Å². The Balaban J connectivity index is 3.52. The maximum Gasteiger partial charge on any atom is 0.282 e. The molecule has 0 aromatic carbocycles. The van der Waals surface area contributed by atoms with E-state index in [0.29, 0.717) is 6.54 Å². The number of nitrogens with one attached hydrogen (secondary N) is 1. The van der Waals surface area contributed by atoms with Crippen molar-refractivity contribution in [2.45, 2.75) is 18.9 Å². The monoisotopic (exact) mass is 168 g/mol. The van der Waals surface area contributed by atoms with E-state index in [4.69, 9.17) is 10.8 Å². The Morgan fingerprint density at radius 3 is 2.55 bits per heavy atom. The molecule has 0 amide bonds. The average Bonchev–Trinajstić information content (AvgIpc) is 2.00. The molecule has 5 heteroatoms. The van der Waals surface area contributed by atoms with Gasteiger partial charge in [0.15, 0.2) is 0 Å². The van der Waals surface area contributed by atoms with E-state index in [-0.39, 0.29) is 6.04 Å². The van der Waals surface area contributed by atoms with Crippen LogP contribution in [0, 0.1) is 0 Å². The zero-order valence-corrected chi connectivity index (χ0v) is 6.48. The molecule has 0 fully saturated rings. The Morgan fingerprint density at radius 2 is 2.18 bits per heavy atom. The van der Waals surface area contributed by atoms with Gasteiger partial charge in [0, 0.05) is 12.6 Å². The van der Waals surface area contributed by atoms with Crippen LogP contribution in [0.15, 0.2) is 0 Å². The quantitative estimate of drug-likeness (QED) is 0.521. The van der Waals surface area contributed by atoms with Gasteiger partial charge in [-0.25, -0.2) is 8.78 Å². The molecule has 1 atom stereocenters. The number of nitrogens with two attached hydrogens (primary N) is 1. The number of alkyl halides is 2. The standard InChI is InChI=1S/C6H14F2N2O/c1-5(2-9)10-3-6(7,8)4-11/h5,10-11H,2-4,9H2,1H3. The van der Waals surface area contributed by atoms with Crippen LogP contribution in [0.5, 0.6) is 0 Å². The highest BCUT2D eigenvalue weighted by atomic mass is 19.3. The molecule has 0 saturated carbocycles. The molecule has 0 aliphatic rings. The molecule has 3 nitrogen and oxygen atoms in total. The summed E-state index contributed by atoms with van der Waals surface area (Å²) in [5.41, 5.74) is 5.17. The van der Waals surface area contributed by atoms with E-state index in [1.165, 1.54) is 0 Å². The van der Waals surface area contributed by atoms with Gasteiger partial charge >= 0.3 is 0 Å². The van der Waals surface area contributed by atoms with Crippen molar-refractivity contribution in [2.24, 2.45) is 5.73 Å². The second kappa shape index (κ2) is 4.58. The molecule has 0 radical (unpaired) electrons. The van der Waals surface area contributed by atoms with E-state index >= 15 is 0 Å². The van der Waals surface area contributed by atoms with Crippen molar-refractivity contribution in [3.63, 3.8) is 0 Å². The molecule has 0 aliphatic carbocycles. The van der Waals surface area contributed by atoms with Crippen LogP contribution >= 0.6 is 0 Å². The fourth-order valence-electron chi connectivity index (χ4n) is 0.463. The van der Waals surface area contributed by atoms with Gasteiger partial charge in [-0.3, -0.25) is 0 Å². The van der Waals surface area contributed by atoms with E-state index in [9.17, 15) is 8.78 Å². The van der Waals surface area contributed by atoms with Crippen LogP contribution in [0.4, 0.5) is 8.78 Å². The summed E-state index contributed by atoms with van der Waals surface area (Å²) in [6.45, 7) is 0.355. The summed E-state index contributed by atoms with van der Waals surface area (Å²) in [4.78, 5) is 0. The molecule has 0 heterocycles. The van der Waals surface area contributed by atoms with Gasteiger partial charge in [0.2, 0.25) is 0 Å². The van der Waals surface area contributed by atoms with Crippen molar-refractivity contribution < 1.29 is 13.9 Å². The van der Waals surface area contributed by atoms with Crippen molar-refractivity contribution in [3.8, 4) is 0 Å². The first kappa shape index (κ1) is 10.7. The summed E-state index contributed by atoms with van der Waals surface area (Å²) in [5.74, 6) is -3.04. The topological polar surface area (TPSA) is 58.3 Å². The van der Waals surface area contributed by atoms with E-state index in [1.807, 2.05) is 0 Å². The minimum Gasteiger partial charge on any atom is -0.390 e. The van der Waals surface area contributed by atoms with Crippen molar-refractivity contribution in [1.29, 1.82) is 0 Å². The average molecular weight is 168 g/mol. The molecular weight excluding hydrogens is 154 g/mol. The highest BCUT2D eigenvalue weighted by Gasteiger charge is 2.27. The summed E-state index contributed by atoms with van der Waals surface area (Å²) in [7, 11) is 0. The minimum absolute atomic E-state index is 0.146. The van der Waals surface area contributed by atoms with Crippen LogP contribution < -0.4 is 11.1 Å². The van der Waals surface area contributed by atoms with E-state index in [1.54, 1.807) is 6.92 Å². The Kier molecular flexibility index (Phi) is 4.48. The third-order valence-electron chi connectivity index (χ3n) is 1.29. The third-order valence-corrected chi connectivity index (χ3v) is 1.29. The largest absolute Gasteiger partial charge is 0.390 e. The van der Waals surface area contributed by atoms with Crippen LogP contribution in [0.3, 0.4) is 0 Å². The highest BCUT2D eigenvalue weighted by Crippen LogP contribution is 2.09. The molecule has 11 heavy (non-hydrogen) atoms. The Bertz CT molecular complexity index is 111. The van der Waals surface area contributed by atoms with Gasteiger partial charge < -0.3 is 16.2 Å². The normalized spacial score (nSPS) is 15.0. The van der Waals surface area contributed by atoms with Gasteiger partial charge in [0.25, 0.3) is 5.92 Å². The zero-order chi connectivity index (χ0) is 8.91. The summed E-state index contributed by atoms with van der Waals surface area (Å²) in [6.07, 6.45) is 0. The molecule has 1 unspecified atom stereocenters. The number of halogens is 2. The lowest BCUT2D eigenvalue weighted by atomic mass is 10.3. The summed E-state index contributed by atoms with van der Waals surface area (Å²) in [5, 5.41) is 10.6. The summed E-state index contributed by atoms with van der Waals surface area (Å²) < 4.78 is 24.6. The number of aliphatic hydroxyl groups excluding tert-OH is 1.